The van der Waals surface area contributed by atoms with Crippen LogP contribution in [-0.2, 0) is 22.3 Å². The number of hydrogen-bond donors (Lipinski definition) is 1. The first-order valence-corrected chi connectivity index (χ1v) is 7.13. The summed E-state index contributed by atoms with van der Waals surface area (Å²) in [5, 5.41) is 0. The van der Waals surface area contributed by atoms with E-state index in [1.807, 2.05) is 18.2 Å². The van der Waals surface area contributed by atoms with Crippen molar-refractivity contribution in [2.45, 2.75) is 19.2 Å². The minimum Gasteiger partial charge on any atom is -0.449 e. The van der Waals surface area contributed by atoms with Gasteiger partial charge in [-0.3, -0.25) is 0 Å². The van der Waals surface area contributed by atoms with E-state index in [2.05, 4.69) is 9.71 Å². The van der Waals surface area contributed by atoms with E-state index < -0.39 is 10.0 Å². The normalized spacial score (nSPS) is 11.6. The van der Waals surface area contributed by atoms with Crippen molar-refractivity contribution in [2.24, 2.45) is 0 Å². The maximum atomic E-state index is 11.8. The van der Waals surface area contributed by atoms with E-state index in [0.29, 0.717) is 11.6 Å². The third-order valence-corrected chi connectivity index (χ3v) is 3.64. The lowest BCUT2D eigenvalue weighted by Crippen LogP contribution is -2.24. The third-order valence-electron chi connectivity index (χ3n) is 2.34. The molecule has 0 aliphatic rings. The molecule has 0 spiro atoms. The molecule has 0 radical (unpaired) electrons. The summed E-state index contributed by atoms with van der Waals surface area (Å²) in [4.78, 5) is 4.03. The van der Waals surface area contributed by atoms with Crippen LogP contribution in [0.1, 0.15) is 17.1 Å². The van der Waals surface area contributed by atoms with E-state index in [-0.39, 0.29) is 12.3 Å². The van der Waals surface area contributed by atoms with Crippen molar-refractivity contribution in [2.75, 3.05) is 0 Å². The van der Waals surface area contributed by atoms with E-state index >= 15 is 0 Å². The van der Waals surface area contributed by atoms with E-state index in [9.17, 15) is 8.42 Å². The van der Waals surface area contributed by atoms with E-state index in [4.69, 9.17) is 4.42 Å². The molecule has 1 heterocycles. The van der Waals surface area contributed by atoms with Gasteiger partial charge in [0.05, 0.1) is 18.0 Å². The Morgan fingerprint density at radius 3 is 2.61 bits per heavy atom. The molecule has 1 N–H and O–H groups in total. The van der Waals surface area contributed by atoms with Gasteiger partial charge >= 0.3 is 0 Å². The molecule has 0 saturated carbocycles. The number of benzene rings is 1. The molecule has 0 fully saturated rings. The van der Waals surface area contributed by atoms with Gasteiger partial charge in [-0.25, -0.2) is 18.1 Å². The van der Waals surface area contributed by atoms with E-state index in [0.717, 1.165) is 5.56 Å². The molecule has 2 rings (SSSR count). The van der Waals surface area contributed by atoms with Crippen molar-refractivity contribution >= 4 is 10.0 Å². The molecular formula is C12H14N2O3S. The largest absolute Gasteiger partial charge is 0.449 e. The van der Waals surface area contributed by atoms with Crippen LogP contribution in [0.15, 0.2) is 41.0 Å². The van der Waals surface area contributed by atoms with Gasteiger partial charge < -0.3 is 4.42 Å². The standard InChI is InChI=1S/C12H14N2O3S/c1-10-14-12(8-17-10)7-13-18(15,16)9-11-5-3-2-4-6-11/h2-6,8,13H,7,9H2,1H3. The summed E-state index contributed by atoms with van der Waals surface area (Å²) in [6, 6.07) is 9.03. The first kappa shape index (κ1) is 12.8. The Balaban J connectivity index is 1.96. The average molecular weight is 266 g/mol. The fourth-order valence-electron chi connectivity index (χ4n) is 1.52. The smallest absolute Gasteiger partial charge is 0.216 e. The maximum absolute atomic E-state index is 11.8. The van der Waals surface area contributed by atoms with Gasteiger partial charge in [0.1, 0.15) is 6.26 Å². The zero-order valence-electron chi connectivity index (χ0n) is 9.96. The first-order valence-electron chi connectivity index (χ1n) is 5.47. The molecular weight excluding hydrogens is 252 g/mol. The second kappa shape index (κ2) is 5.32. The second-order valence-corrected chi connectivity index (χ2v) is 5.73. The second-order valence-electron chi connectivity index (χ2n) is 3.92. The monoisotopic (exact) mass is 266 g/mol. The molecule has 0 aliphatic heterocycles. The lowest BCUT2D eigenvalue weighted by Gasteiger charge is -2.04. The van der Waals surface area contributed by atoms with Gasteiger partial charge in [-0.2, -0.15) is 0 Å². The Labute approximate surface area is 106 Å². The Kier molecular flexibility index (Phi) is 3.78. The zero-order valence-corrected chi connectivity index (χ0v) is 10.8. The zero-order chi connectivity index (χ0) is 13.0. The summed E-state index contributed by atoms with van der Waals surface area (Å²) in [7, 11) is -3.36. The van der Waals surface area contributed by atoms with Crippen LogP contribution in [0.4, 0.5) is 0 Å². The number of nitrogens with one attached hydrogen (secondary N) is 1. The van der Waals surface area contributed by atoms with Crippen molar-refractivity contribution in [1.82, 2.24) is 9.71 Å². The van der Waals surface area contributed by atoms with Crippen LogP contribution < -0.4 is 4.72 Å². The number of aryl methyl sites for hydroxylation is 1. The van der Waals surface area contributed by atoms with Crippen molar-refractivity contribution in [3.63, 3.8) is 0 Å². The molecule has 0 aliphatic carbocycles. The van der Waals surface area contributed by atoms with Crippen molar-refractivity contribution in [1.29, 1.82) is 0 Å². The first-order chi connectivity index (χ1) is 8.55. The summed E-state index contributed by atoms with van der Waals surface area (Å²) in [5.74, 6) is 0.484. The molecule has 0 bridgehead atoms. The Morgan fingerprint density at radius 2 is 2.00 bits per heavy atom. The highest BCUT2D eigenvalue weighted by Crippen LogP contribution is 2.05. The lowest BCUT2D eigenvalue weighted by atomic mass is 10.2. The molecule has 1 aromatic heterocycles. The predicted octanol–water partition coefficient (Wildman–Crippen LogP) is 1.60. The van der Waals surface area contributed by atoms with Gasteiger partial charge in [0, 0.05) is 6.92 Å². The highest BCUT2D eigenvalue weighted by atomic mass is 32.2. The van der Waals surface area contributed by atoms with Crippen LogP contribution in [0, 0.1) is 6.92 Å². The van der Waals surface area contributed by atoms with Gasteiger partial charge in [-0.05, 0) is 5.56 Å². The Bertz CT molecular complexity index is 605. The SMILES string of the molecule is Cc1nc(CNS(=O)(=O)Cc2ccccc2)co1. The van der Waals surface area contributed by atoms with Gasteiger partial charge in [-0.1, -0.05) is 30.3 Å². The number of hydrogen-bond acceptors (Lipinski definition) is 4. The fourth-order valence-corrected chi connectivity index (χ4v) is 2.62. The molecule has 0 unspecified atom stereocenters. The minimum absolute atomic E-state index is 0.0370. The van der Waals surface area contributed by atoms with Crippen LogP contribution >= 0.6 is 0 Å². The predicted molar refractivity (Wildman–Crippen MR) is 67.1 cm³/mol. The van der Waals surface area contributed by atoms with Crippen LogP contribution in [0.2, 0.25) is 0 Å². The van der Waals surface area contributed by atoms with Crippen molar-refractivity contribution < 1.29 is 12.8 Å². The maximum Gasteiger partial charge on any atom is 0.216 e. The molecule has 6 heteroatoms. The minimum atomic E-state index is -3.36. The molecule has 5 nitrogen and oxygen atoms in total. The highest BCUT2D eigenvalue weighted by Gasteiger charge is 2.12. The molecule has 18 heavy (non-hydrogen) atoms. The lowest BCUT2D eigenvalue weighted by molar-refractivity contribution is 0.520. The quantitative estimate of drug-likeness (QED) is 0.892. The van der Waals surface area contributed by atoms with Gasteiger partial charge in [0.2, 0.25) is 10.0 Å². The molecule has 0 atom stereocenters. The summed E-state index contributed by atoms with van der Waals surface area (Å²) >= 11 is 0. The Hall–Kier alpha value is -1.66. The summed E-state index contributed by atoms with van der Waals surface area (Å²) in [6.45, 7) is 1.86. The van der Waals surface area contributed by atoms with Gasteiger partial charge in [0.15, 0.2) is 5.89 Å². The average Bonchev–Trinajstić information content (AvgIpc) is 2.74. The number of nitrogens with zero attached hydrogens (tertiary/aromatic N) is 1. The Morgan fingerprint density at radius 1 is 1.28 bits per heavy atom. The molecule has 1 aromatic carbocycles. The van der Waals surface area contributed by atoms with Gasteiger partial charge in [0.25, 0.3) is 0 Å². The fraction of sp³-hybridized carbons (Fsp3) is 0.250. The summed E-state index contributed by atoms with van der Waals surface area (Å²) in [5.41, 5.74) is 1.32. The van der Waals surface area contributed by atoms with Crippen LogP contribution in [0.5, 0.6) is 0 Å². The molecule has 2 aromatic rings. The molecule has 0 amide bonds. The molecule has 96 valence electrons. The van der Waals surface area contributed by atoms with Gasteiger partial charge in [-0.15, -0.1) is 0 Å². The number of sulfonamides is 1. The van der Waals surface area contributed by atoms with Crippen LogP contribution in [0.25, 0.3) is 0 Å². The third kappa shape index (κ3) is 3.68. The summed E-state index contributed by atoms with van der Waals surface area (Å²) < 4.78 is 31.1. The van der Waals surface area contributed by atoms with Crippen LogP contribution in [-0.4, -0.2) is 13.4 Å². The number of aromatic nitrogens is 1. The molecule has 0 saturated heterocycles. The van der Waals surface area contributed by atoms with Crippen LogP contribution in [0.3, 0.4) is 0 Å². The number of rotatable bonds is 5. The van der Waals surface area contributed by atoms with Crippen molar-refractivity contribution in [3.8, 4) is 0 Å². The van der Waals surface area contributed by atoms with E-state index in [1.165, 1.54) is 6.26 Å². The number of oxazole rings is 1. The van der Waals surface area contributed by atoms with Crippen molar-refractivity contribution in [3.05, 3.63) is 53.7 Å². The highest BCUT2D eigenvalue weighted by molar-refractivity contribution is 7.88. The summed E-state index contributed by atoms with van der Waals surface area (Å²) in [6.07, 6.45) is 1.44. The van der Waals surface area contributed by atoms with E-state index in [1.54, 1.807) is 19.1 Å². The topological polar surface area (TPSA) is 72.2 Å².